The minimum absolute atomic E-state index is 0.00713. The fraction of sp³-hybridized carbons (Fsp3) is 0.381. The quantitative estimate of drug-likeness (QED) is 0.692. The molecule has 0 atom stereocenters. The molecule has 2 aromatic rings. The summed E-state index contributed by atoms with van der Waals surface area (Å²) < 4.78 is 27.2. The van der Waals surface area contributed by atoms with Crippen LogP contribution >= 0.6 is 23.2 Å². The lowest BCUT2D eigenvalue weighted by Crippen LogP contribution is -2.50. The molecule has 0 radical (unpaired) electrons. The number of amides is 1. The summed E-state index contributed by atoms with van der Waals surface area (Å²) >= 11 is 12.1. The molecule has 0 aliphatic carbocycles. The van der Waals surface area contributed by atoms with Gasteiger partial charge in [0.05, 0.1) is 16.6 Å². The SMILES string of the molecule is CC(C)c1ccc(NC(=O)CN2CCN(S(=O)(=O)c3cccc(Cl)c3Cl)CC2)cc1. The van der Waals surface area contributed by atoms with Gasteiger partial charge in [-0.3, -0.25) is 9.69 Å². The van der Waals surface area contributed by atoms with Gasteiger partial charge in [0.1, 0.15) is 4.90 Å². The van der Waals surface area contributed by atoms with E-state index in [4.69, 9.17) is 23.2 Å². The molecule has 0 bridgehead atoms. The van der Waals surface area contributed by atoms with Crippen molar-refractivity contribution >= 4 is 44.8 Å². The number of piperazine rings is 1. The predicted molar refractivity (Wildman–Crippen MR) is 121 cm³/mol. The van der Waals surface area contributed by atoms with E-state index in [9.17, 15) is 13.2 Å². The summed E-state index contributed by atoms with van der Waals surface area (Å²) in [4.78, 5) is 14.3. The number of hydrogen-bond donors (Lipinski definition) is 1. The van der Waals surface area contributed by atoms with Crippen molar-refractivity contribution in [2.45, 2.75) is 24.7 Å². The van der Waals surface area contributed by atoms with Gasteiger partial charge in [0.25, 0.3) is 0 Å². The van der Waals surface area contributed by atoms with Crippen LogP contribution in [0.15, 0.2) is 47.4 Å². The molecule has 1 aliphatic heterocycles. The van der Waals surface area contributed by atoms with Crippen molar-refractivity contribution in [1.29, 1.82) is 0 Å². The first-order valence-electron chi connectivity index (χ1n) is 9.75. The Balaban J connectivity index is 1.55. The van der Waals surface area contributed by atoms with Crippen LogP contribution in [0, 0.1) is 0 Å². The summed E-state index contributed by atoms with van der Waals surface area (Å²) in [5, 5.41) is 3.13. The van der Waals surface area contributed by atoms with Crippen LogP contribution in [0.4, 0.5) is 5.69 Å². The second-order valence-corrected chi connectivity index (χ2v) is 10.2. The number of nitrogens with one attached hydrogen (secondary N) is 1. The number of benzene rings is 2. The molecule has 162 valence electrons. The molecule has 3 rings (SSSR count). The van der Waals surface area contributed by atoms with Crippen molar-refractivity contribution < 1.29 is 13.2 Å². The van der Waals surface area contributed by atoms with Gasteiger partial charge in [-0.2, -0.15) is 4.31 Å². The molecule has 1 fully saturated rings. The zero-order chi connectivity index (χ0) is 21.9. The summed E-state index contributed by atoms with van der Waals surface area (Å²) in [6.45, 7) is 5.91. The highest BCUT2D eigenvalue weighted by Crippen LogP contribution is 2.31. The third kappa shape index (κ3) is 5.34. The molecule has 1 aliphatic rings. The summed E-state index contributed by atoms with van der Waals surface area (Å²) in [7, 11) is -3.74. The van der Waals surface area contributed by atoms with Gasteiger partial charge in [0.2, 0.25) is 15.9 Å². The highest BCUT2D eigenvalue weighted by molar-refractivity contribution is 7.89. The van der Waals surface area contributed by atoms with Gasteiger partial charge >= 0.3 is 0 Å². The Morgan fingerprint density at radius 2 is 1.67 bits per heavy atom. The molecule has 30 heavy (non-hydrogen) atoms. The van der Waals surface area contributed by atoms with Crippen LogP contribution in [0.2, 0.25) is 10.0 Å². The maximum Gasteiger partial charge on any atom is 0.244 e. The van der Waals surface area contributed by atoms with Crippen LogP contribution in [-0.4, -0.2) is 56.3 Å². The minimum Gasteiger partial charge on any atom is -0.325 e. The molecular weight excluding hydrogens is 445 g/mol. The van der Waals surface area contributed by atoms with Gasteiger partial charge in [-0.1, -0.05) is 55.2 Å². The van der Waals surface area contributed by atoms with Crippen molar-refractivity contribution in [3.63, 3.8) is 0 Å². The number of carbonyl (C=O) groups is 1. The van der Waals surface area contributed by atoms with E-state index in [0.717, 1.165) is 5.69 Å². The lowest BCUT2D eigenvalue weighted by Gasteiger charge is -2.33. The first-order valence-corrected chi connectivity index (χ1v) is 11.9. The highest BCUT2D eigenvalue weighted by atomic mass is 35.5. The first kappa shape index (κ1) is 23.0. The van der Waals surface area contributed by atoms with E-state index >= 15 is 0 Å². The maximum atomic E-state index is 12.9. The molecule has 1 amide bonds. The van der Waals surface area contributed by atoms with Gasteiger partial charge in [-0.15, -0.1) is 0 Å². The van der Waals surface area contributed by atoms with Crippen molar-refractivity contribution in [2.24, 2.45) is 0 Å². The standard InChI is InChI=1S/C21H25Cl2N3O3S/c1-15(2)16-6-8-17(9-7-16)24-20(27)14-25-10-12-26(13-11-25)30(28,29)19-5-3-4-18(22)21(19)23/h3-9,15H,10-14H2,1-2H3,(H,24,27). The van der Waals surface area contributed by atoms with Gasteiger partial charge in [0, 0.05) is 31.9 Å². The van der Waals surface area contributed by atoms with E-state index < -0.39 is 10.0 Å². The average molecular weight is 470 g/mol. The number of sulfonamides is 1. The summed E-state index contributed by atoms with van der Waals surface area (Å²) in [5.41, 5.74) is 1.96. The first-order chi connectivity index (χ1) is 14.2. The monoisotopic (exact) mass is 469 g/mol. The predicted octanol–water partition coefficient (Wildman–Crippen LogP) is 4.06. The number of hydrogen-bond acceptors (Lipinski definition) is 4. The summed E-state index contributed by atoms with van der Waals surface area (Å²) in [6.07, 6.45) is 0. The molecule has 0 unspecified atom stereocenters. The van der Waals surface area contributed by atoms with Crippen LogP contribution in [-0.2, 0) is 14.8 Å². The Morgan fingerprint density at radius 3 is 2.27 bits per heavy atom. The lowest BCUT2D eigenvalue weighted by atomic mass is 10.0. The van der Waals surface area contributed by atoms with Crippen molar-refractivity contribution in [3.8, 4) is 0 Å². The lowest BCUT2D eigenvalue weighted by molar-refractivity contribution is -0.117. The van der Waals surface area contributed by atoms with Crippen molar-refractivity contribution in [3.05, 3.63) is 58.1 Å². The van der Waals surface area contributed by atoms with E-state index in [1.165, 1.54) is 15.9 Å². The van der Waals surface area contributed by atoms with E-state index in [1.807, 2.05) is 29.2 Å². The van der Waals surface area contributed by atoms with E-state index in [0.29, 0.717) is 19.0 Å². The van der Waals surface area contributed by atoms with Crippen LogP contribution in [0.5, 0.6) is 0 Å². The molecule has 0 aromatic heterocycles. The van der Waals surface area contributed by atoms with Crippen LogP contribution in [0.1, 0.15) is 25.3 Å². The summed E-state index contributed by atoms with van der Waals surface area (Å²) in [5.74, 6) is 0.311. The second-order valence-electron chi connectivity index (χ2n) is 7.56. The number of anilines is 1. The summed E-state index contributed by atoms with van der Waals surface area (Å²) in [6, 6.07) is 12.4. The molecule has 0 saturated carbocycles. The minimum atomic E-state index is -3.74. The van der Waals surface area contributed by atoms with Gasteiger partial charge in [-0.05, 0) is 35.7 Å². The fourth-order valence-corrected chi connectivity index (χ4v) is 5.46. The molecule has 1 saturated heterocycles. The number of halogens is 2. The molecule has 2 aromatic carbocycles. The van der Waals surface area contributed by atoms with Gasteiger partial charge < -0.3 is 5.32 Å². The molecular formula is C21H25Cl2N3O3S. The molecule has 9 heteroatoms. The number of rotatable bonds is 6. The second kappa shape index (κ2) is 9.66. The molecule has 0 spiro atoms. The number of carbonyl (C=O) groups excluding carboxylic acids is 1. The Morgan fingerprint density at radius 1 is 1.03 bits per heavy atom. The molecule has 1 N–H and O–H groups in total. The van der Waals surface area contributed by atoms with Gasteiger partial charge in [-0.25, -0.2) is 8.42 Å². The van der Waals surface area contributed by atoms with Crippen molar-refractivity contribution in [2.75, 3.05) is 38.0 Å². The van der Waals surface area contributed by atoms with Crippen LogP contribution < -0.4 is 5.32 Å². The largest absolute Gasteiger partial charge is 0.325 e. The van der Waals surface area contributed by atoms with E-state index in [2.05, 4.69) is 19.2 Å². The normalized spacial score (nSPS) is 16.0. The average Bonchev–Trinajstić information content (AvgIpc) is 2.70. The van der Waals surface area contributed by atoms with Crippen LogP contribution in [0.3, 0.4) is 0 Å². The van der Waals surface area contributed by atoms with E-state index in [1.54, 1.807) is 12.1 Å². The topological polar surface area (TPSA) is 69.7 Å². The van der Waals surface area contributed by atoms with Gasteiger partial charge in [0.15, 0.2) is 0 Å². The Kier molecular flexibility index (Phi) is 7.42. The zero-order valence-electron chi connectivity index (χ0n) is 16.9. The Labute approximate surface area is 187 Å². The zero-order valence-corrected chi connectivity index (χ0v) is 19.3. The highest BCUT2D eigenvalue weighted by Gasteiger charge is 2.31. The third-order valence-electron chi connectivity index (χ3n) is 5.09. The molecule has 6 nitrogen and oxygen atoms in total. The van der Waals surface area contributed by atoms with Crippen LogP contribution in [0.25, 0.3) is 0 Å². The molecule has 1 heterocycles. The fourth-order valence-electron chi connectivity index (χ4n) is 3.31. The Bertz CT molecular complexity index is 1000. The smallest absolute Gasteiger partial charge is 0.244 e. The van der Waals surface area contributed by atoms with Crippen molar-refractivity contribution in [1.82, 2.24) is 9.21 Å². The van der Waals surface area contributed by atoms with E-state index in [-0.39, 0.29) is 40.5 Å². The number of nitrogens with zero attached hydrogens (tertiary/aromatic N) is 2. The maximum absolute atomic E-state index is 12.9. The Hall–Kier alpha value is -1.64. The third-order valence-corrected chi connectivity index (χ3v) is 7.97.